The van der Waals surface area contributed by atoms with Crippen molar-refractivity contribution in [2.45, 2.75) is 32.4 Å². The number of amides is 1. The molecule has 0 saturated carbocycles. The second kappa shape index (κ2) is 10.6. The van der Waals surface area contributed by atoms with Crippen LogP contribution in [-0.4, -0.2) is 24.8 Å². The zero-order valence-electron chi connectivity index (χ0n) is 15.5. The smallest absolute Gasteiger partial charge is 0.257 e. The highest BCUT2D eigenvalue weighted by atomic mass is 79.9. The summed E-state index contributed by atoms with van der Waals surface area (Å²) in [6, 6.07) is 14.5. The van der Waals surface area contributed by atoms with Crippen molar-refractivity contribution in [1.82, 2.24) is 5.32 Å². The number of aryl methyl sites for hydroxylation is 1. The van der Waals surface area contributed by atoms with Gasteiger partial charge in [0.1, 0.15) is 5.75 Å². The van der Waals surface area contributed by atoms with Crippen molar-refractivity contribution in [2.75, 3.05) is 18.9 Å². The Kier molecular flexibility index (Phi) is 8.52. The normalized spacial score (nSPS) is 10.8. The van der Waals surface area contributed by atoms with Crippen molar-refractivity contribution < 1.29 is 9.53 Å². The van der Waals surface area contributed by atoms with Crippen LogP contribution in [0.4, 0.5) is 0 Å². The monoisotopic (exact) mass is 435 g/mol. The second-order valence-electron chi connectivity index (χ2n) is 6.52. The lowest BCUT2D eigenvalue weighted by molar-refractivity contribution is -0.122. The number of benzene rings is 2. The molecule has 0 saturated heterocycles. The molecule has 0 fully saturated rings. The highest BCUT2D eigenvalue weighted by Gasteiger charge is 2.08. The van der Waals surface area contributed by atoms with E-state index in [9.17, 15) is 4.79 Å². The molecule has 2 rings (SSSR count). The van der Waals surface area contributed by atoms with E-state index in [1.54, 1.807) is 0 Å². The fourth-order valence-electron chi connectivity index (χ4n) is 2.44. The molecule has 0 spiro atoms. The Balaban J connectivity index is 1.64. The number of carbonyl (C=O) groups is 1. The lowest BCUT2D eigenvalue weighted by Gasteiger charge is -2.11. The summed E-state index contributed by atoms with van der Waals surface area (Å²) in [7, 11) is 0. The number of thioether (sulfide) groups is 1. The summed E-state index contributed by atoms with van der Waals surface area (Å²) in [6.45, 7) is 7.07. The predicted octanol–water partition coefficient (Wildman–Crippen LogP) is 5.31. The first-order valence-electron chi connectivity index (χ1n) is 8.78. The van der Waals surface area contributed by atoms with Crippen LogP contribution in [0.5, 0.6) is 5.75 Å². The van der Waals surface area contributed by atoms with Gasteiger partial charge in [-0.2, -0.15) is 11.8 Å². The molecule has 2 aromatic carbocycles. The van der Waals surface area contributed by atoms with Crippen LogP contribution in [0, 0.1) is 6.92 Å². The maximum atomic E-state index is 11.9. The van der Waals surface area contributed by atoms with Gasteiger partial charge < -0.3 is 10.1 Å². The van der Waals surface area contributed by atoms with Gasteiger partial charge in [0.15, 0.2) is 6.61 Å². The third kappa shape index (κ3) is 7.04. The Hall–Kier alpha value is -1.46. The largest absolute Gasteiger partial charge is 0.483 e. The summed E-state index contributed by atoms with van der Waals surface area (Å²) in [4.78, 5) is 11.9. The molecule has 140 valence electrons. The number of nitrogens with one attached hydrogen (secondary N) is 1. The highest BCUT2D eigenvalue weighted by Crippen LogP contribution is 2.28. The van der Waals surface area contributed by atoms with Crippen LogP contribution in [0.25, 0.3) is 0 Å². The topological polar surface area (TPSA) is 38.3 Å². The number of hydrogen-bond donors (Lipinski definition) is 1. The van der Waals surface area contributed by atoms with Crippen LogP contribution in [0.3, 0.4) is 0 Å². The number of ether oxygens (including phenoxy) is 1. The molecule has 2 aromatic rings. The third-order valence-electron chi connectivity index (χ3n) is 3.90. The first kappa shape index (κ1) is 20.8. The second-order valence-corrected chi connectivity index (χ2v) is 8.48. The summed E-state index contributed by atoms with van der Waals surface area (Å²) in [6.07, 6.45) is 0. The summed E-state index contributed by atoms with van der Waals surface area (Å²) < 4.78 is 6.49. The molecule has 0 bridgehead atoms. The molecule has 0 aliphatic rings. The highest BCUT2D eigenvalue weighted by molar-refractivity contribution is 9.10. The third-order valence-corrected chi connectivity index (χ3v) is 5.55. The molecule has 0 aliphatic heterocycles. The van der Waals surface area contributed by atoms with E-state index < -0.39 is 0 Å². The Labute approximate surface area is 169 Å². The quantitative estimate of drug-likeness (QED) is 0.542. The van der Waals surface area contributed by atoms with Crippen LogP contribution in [-0.2, 0) is 10.5 Å². The van der Waals surface area contributed by atoms with Crippen LogP contribution < -0.4 is 10.1 Å². The number of hydrogen-bond acceptors (Lipinski definition) is 3. The maximum absolute atomic E-state index is 11.9. The zero-order chi connectivity index (χ0) is 18.9. The Morgan fingerprint density at radius 2 is 2.04 bits per heavy atom. The summed E-state index contributed by atoms with van der Waals surface area (Å²) in [5.74, 6) is 2.90. The van der Waals surface area contributed by atoms with Crippen LogP contribution in [0.15, 0.2) is 46.9 Å². The van der Waals surface area contributed by atoms with E-state index in [4.69, 9.17) is 4.74 Å². The summed E-state index contributed by atoms with van der Waals surface area (Å²) in [5.41, 5.74) is 3.83. The minimum Gasteiger partial charge on any atom is -0.483 e. The molecular formula is C21H26BrNO2S. The summed E-state index contributed by atoms with van der Waals surface area (Å²) in [5, 5.41) is 2.90. The molecule has 26 heavy (non-hydrogen) atoms. The lowest BCUT2D eigenvalue weighted by Crippen LogP contribution is -2.30. The number of carbonyl (C=O) groups excluding carboxylic acids is 1. The van der Waals surface area contributed by atoms with E-state index in [-0.39, 0.29) is 12.5 Å². The molecular weight excluding hydrogens is 410 g/mol. The molecule has 5 heteroatoms. The Bertz CT molecular complexity index is 734. The fourth-order valence-corrected chi connectivity index (χ4v) is 3.76. The first-order chi connectivity index (χ1) is 12.5. The molecule has 1 N–H and O–H groups in total. The zero-order valence-corrected chi connectivity index (χ0v) is 18.0. The van der Waals surface area contributed by atoms with Crippen molar-refractivity contribution in [3.8, 4) is 5.75 Å². The summed E-state index contributed by atoms with van der Waals surface area (Å²) >= 11 is 5.32. The van der Waals surface area contributed by atoms with Gasteiger partial charge in [0.05, 0.1) is 4.47 Å². The molecule has 0 aromatic heterocycles. The number of rotatable bonds is 9. The molecule has 0 unspecified atom stereocenters. The fraction of sp³-hybridized carbons (Fsp3) is 0.381. The van der Waals surface area contributed by atoms with Gasteiger partial charge in [-0.05, 0) is 52.0 Å². The first-order valence-corrected chi connectivity index (χ1v) is 10.7. The van der Waals surface area contributed by atoms with Gasteiger partial charge in [-0.25, -0.2) is 0 Å². The minimum absolute atomic E-state index is 0.0299. The van der Waals surface area contributed by atoms with Crippen molar-refractivity contribution in [1.29, 1.82) is 0 Å². The van der Waals surface area contributed by atoms with Gasteiger partial charge in [-0.3, -0.25) is 4.79 Å². The molecule has 0 atom stereocenters. The van der Waals surface area contributed by atoms with Crippen molar-refractivity contribution in [2.24, 2.45) is 0 Å². The van der Waals surface area contributed by atoms with Crippen LogP contribution in [0.1, 0.15) is 36.5 Å². The Morgan fingerprint density at radius 3 is 2.73 bits per heavy atom. The average molecular weight is 436 g/mol. The SMILES string of the molecule is Cc1cccc(CSCCNC(=O)COc2ccc(C(C)C)cc2Br)c1. The predicted molar refractivity (Wildman–Crippen MR) is 114 cm³/mol. The van der Waals surface area contributed by atoms with Crippen molar-refractivity contribution >= 4 is 33.6 Å². The van der Waals surface area contributed by atoms with E-state index in [1.807, 2.05) is 30.0 Å². The van der Waals surface area contributed by atoms with Gasteiger partial charge in [0.25, 0.3) is 5.91 Å². The van der Waals surface area contributed by atoms with Gasteiger partial charge in [-0.15, -0.1) is 0 Å². The standard InChI is InChI=1S/C21H26BrNO2S/c1-15(2)18-7-8-20(19(22)12-18)25-13-21(24)23-9-10-26-14-17-6-4-5-16(3)11-17/h4-8,11-12,15H,9-10,13-14H2,1-3H3,(H,23,24). The van der Waals surface area contributed by atoms with E-state index in [0.29, 0.717) is 18.2 Å². The molecule has 3 nitrogen and oxygen atoms in total. The van der Waals surface area contributed by atoms with E-state index in [1.165, 1.54) is 16.7 Å². The molecule has 0 radical (unpaired) electrons. The van der Waals surface area contributed by atoms with Gasteiger partial charge in [0.2, 0.25) is 0 Å². The van der Waals surface area contributed by atoms with Crippen molar-refractivity contribution in [3.05, 3.63) is 63.6 Å². The Morgan fingerprint density at radius 1 is 1.23 bits per heavy atom. The molecule has 1 amide bonds. The molecule has 0 aliphatic carbocycles. The van der Waals surface area contributed by atoms with Gasteiger partial charge >= 0.3 is 0 Å². The van der Waals surface area contributed by atoms with Crippen LogP contribution in [0.2, 0.25) is 0 Å². The van der Waals surface area contributed by atoms with E-state index in [0.717, 1.165) is 16.0 Å². The minimum atomic E-state index is -0.0963. The average Bonchev–Trinajstić information content (AvgIpc) is 2.60. The maximum Gasteiger partial charge on any atom is 0.257 e. The number of halogens is 1. The van der Waals surface area contributed by atoms with Crippen molar-refractivity contribution in [3.63, 3.8) is 0 Å². The van der Waals surface area contributed by atoms with E-state index >= 15 is 0 Å². The van der Waals surface area contributed by atoms with Crippen LogP contribution >= 0.6 is 27.7 Å². The van der Waals surface area contributed by atoms with E-state index in [2.05, 4.69) is 66.3 Å². The van der Waals surface area contributed by atoms with Gasteiger partial charge in [-0.1, -0.05) is 49.7 Å². The van der Waals surface area contributed by atoms with Gasteiger partial charge in [0, 0.05) is 18.1 Å². The molecule has 0 heterocycles. The lowest BCUT2D eigenvalue weighted by atomic mass is 10.0.